The molecule has 0 radical (unpaired) electrons. The van der Waals surface area contributed by atoms with Crippen LogP contribution in [0.25, 0.3) is 0 Å². The van der Waals surface area contributed by atoms with Gasteiger partial charge < -0.3 is 11.5 Å². The second-order valence-corrected chi connectivity index (χ2v) is 5.13. The van der Waals surface area contributed by atoms with Crippen molar-refractivity contribution in [3.8, 4) is 0 Å². The molecule has 4 N–H and O–H groups in total. The van der Waals surface area contributed by atoms with Crippen molar-refractivity contribution in [2.75, 3.05) is 19.6 Å². The Morgan fingerprint density at radius 2 is 2.50 bits per heavy atom. The van der Waals surface area contributed by atoms with Crippen molar-refractivity contribution in [3.05, 3.63) is 22.4 Å². The Morgan fingerprint density at radius 1 is 1.69 bits per heavy atom. The van der Waals surface area contributed by atoms with Gasteiger partial charge in [-0.2, -0.15) is 0 Å². The number of hydrogen-bond acceptors (Lipinski definition) is 4. The lowest BCUT2D eigenvalue weighted by Gasteiger charge is -2.25. The first-order valence-electron chi connectivity index (χ1n) is 5.49. The molecular weight excluding hydrogens is 222 g/mol. The molecule has 88 valence electrons. The predicted octanol–water partition coefficient (Wildman–Crippen LogP) is 0.555. The summed E-state index contributed by atoms with van der Waals surface area (Å²) in [6.07, 6.45) is 0.858. The Hall–Kier alpha value is -0.910. The Bertz CT molecular complexity index is 352. The van der Waals surface area contributed by atoms with E-state index in [0.717, 1.165) is 19.5 Å². The minimum Gasteiger partial charge on any atom is -0.369 e. The molecule has 0 saturated carbocycles. The van der Waals surface area contributed by atoms with Crippen LogP contribution in [0, 0.1) is 5.92 Å². The Labute approximate surface area is 99.2 Å². The second kappa shape index (κ2) is 4.95. The third kappa shape index (κ3) is 2.26. The molecule has 5 heteroatoms. The Kier molecular flexibility index (Phi) is 3.58. The first-order chi connectivity index (χ1) is 7.72. The third-order valence-electron chi connectivity index (χ3n) is 3.16. The average molecular weight is 239 g/mol. The first kappa shape index (κ1) is 11.6. The first-order valence-corrected chi connectivity index (χ1v) is 6.37. The summed E-state index contributed by atoms with van der Waals surface area (Å²) >= 11 is 1.71. The van der Waals surface area contributed by atoms with E-state index in [0.29, 0.717) is 6.54 Å². The minimum atomic E-state index is -0.190. The van der Waals surface area contributed by atoms with E-state index in [-0.39, 0.29) is 17.9 Å². The molecule has 1 fully saturated rings. The van der Waals surface area contributed by atoms with Crippen molar-refractivity contribution in [1.29, 1.82) is 0 Å². The number of thiophene rings is 1. The molecule has 1 saturated heterocycles. The molecule has 1 aromatic heterocycles. The van der Waals surface area contributed by atoms with Gasteiger partial charge in [0.15, 0.2) is 0 Å². The maximum atomic E-state index is 11.1. The van der Waals surface area contributed by atoms with Crippen LogP contribution in [0.4, 0.5) is 0 Å². The monoisotopic (exact) mass is 239 g/mol. The van der Waals surface area contributed by atoms with Crippen LogP contribution in [0.3, 0.4) is 0 Å². The summed E-state index contributed by atoms with van der Waals surface area (Å²) in [5, 5.41) is 2.06. The predicted molar refractivity (Wildman–Crippen MR) is 65.0 cm³/mol. The Balaban J connectivity index is 2.04. The molecule has 0 bridgehead atoms. The number of nitrogens with zero attached hydrogens (tertiary/aromatic N) is 1. The van der Waals surface area contributed by atoms with E-state index in [1.54, 1.807) is 11.3 Å². The highest BCUT2D eigenvalue weighted by atomic mass is 32.1. The molecule has 1 amide bonds. The number of carbonyl (C=O) groups is 1. The molecule has 2 atom stereocenters. The zero-order valence-electron chi connectivity index (χ0n) is 9.13. The molecule has 2 heterocycles. The van der Waals surface area contributed by atoms with Gasteiger partial charge in [-0.05, 0) is 24.4 Å². The maximum Gasteiger partial charge on any atom is 0.221 e. The lowest BCUT2D eigenvalue weighted by atomic mass is 10.1. The van der Waals surface area contributed by atoms with E-state index < -0.39 is 0 Å². The number of amides is 1. The molecule has 2 rings (SSSR count). The molecular formula is C11H17N3OS. The molecule has 0 spiro atoms. The number of nitrogens with two attached hydrogens (primary N) is 2. The fourth-order valence-corrected chi connectivity index (χ4v) is 3.10. The number of likely N-dealkylation sites (tertiary alicyclic amines) is 1. The number of hydrogen-bond donors (Lipinski definition) is 2. The SMILES string of the molecule is NCC(c1cccs1)N1CCC(C(N)=O)C1. The van der Waals surface area contributed by atoms with Crippen molar-refractivity contribution in [1.82, 2.24) is 4.90 Å². The number of rotatable bonds is 4. The molecule has 0 aromatic carbocycles. The second-order valence-electron chi connectivity index (χ2n) is 4.15. The van der Waals surface area contributed by atoms with E-state index >= 15 is 0 Å². The molecule has 4 nitrogen and oxygen atoms in total. The highest BCUT2D eigenvalue weighted by molar-refractivity contribution is 7.10. The zero-order valence-corrected chi connectivity index (χ0v) is 9.95. The van der Waals surface area contributed by atoms with Gasteiger partial charge in [-0.1, -0.05) is 6.07 Å². The molecule has 1 aliphatic rings. The van der Waals surface area contributed by atoms with Crippen LogP contribution >= 0.6 is 11.3 Å². The van der Waals surface area contributed by atoms with Gasteiger partial charge in [0.25, 0.3) is 0 Å². The summed E-state index contributed by atoms with van der Waals surface area (Å²) in [7, 11) is 0. The average Bonchev–Trinajstić information content (AvgIpc) is 2.88. The largest absolute Gasteiger partial charge is 0.369 e. The minimum absolute atomic E-state index is 0.00554. The van der Waals surface area contributed by atoms with Crippen LogP contribution < -0.4 is 11.5 Å². The van der Waals surface area contributed by atoms with Crippen LogP contribution in [0.15, 0.2) is 17.5 Å². The topological polar surface area (TPSA) is 72.3 Å². The van der Waals surface area contributed by atoms with Crippen molar-refractivity contribution in [2.24, 2.45) is 17.4 Å². The van der Waals surface area contributed by atoms with Gasteiger partial charge in [0.1, 0.15) is 0 Å². The maximum absolute atomic E-state index is 11.1. The summed E-state index contributed by atoms with van der Waals surface area (Å²) in [6.45, 7) is 2.24. The summed E-state index contributed by atoms with van der Waals surface area (Å²) in [5.74, 6) is -0.196. The zero-order chi connectivity index (χ0) is 11.5. The normalized spacial score (nSPS) is 23.4. The molecule has 0 aliphatic carbocycles. The quantitative estimate of drug-likeness (QED) is 0.806. The number of primary amides is 1. The van der Waals surface area contributed by atoms with E-state index in [1.165, 1.54) is 4.88 Å². The summed E-state index contributed by atoms with van der Waals surface area (Å²) in [6, 6.07) is 4.37. The number of carbonyl (C=O) groups excluding carboxylic acids is 1. The summed E-state index contributed by atoms with van der Waals surface area (Å²) < 4.78 is 0. The van der Waals surface area contributed by atoms with Gasteiger partial charge in [-0.15, -0.1) is 11.3 Å². The van der Waals surface area contributed by atoms with Gasteiger partial charge in [-0.3, -0.25) is 9.69 Å². The molecule has 1 aliphatic heterocycles. The lowest BCUT2D eigenvalue weighted by Crippen LogP contribution is -2.33. The fourth-order valence-electron chi connectivity index (χ4n) is 2.23. The van der Waals surface area contributed by atoms with E-state index in [1.807, 2.05) is 6.07 Å². The van der Waals surface area contributed by atoms with Crippen LogP contribution in [0.2, 0.25) is 0 Å². The van der Waals surface area contributed by atoms with Crippen LogP contribution in [-0.4, -0.2) is 30.4 Å². The molecule has 1 aromatic rings. The lowest BCUT2D eigenvalue weighted by molar-refractivity contribution is -0.121. The highest BCUT2D eigenvalue weighted by Gasteiger charge is 2.31. The van der Waals surface area contributed by atoms with E-state index in [2.05, 4.69) is 16.3 Å². The van der Waals surface area contributed by atoms with Crippen LogP contribution in [-0.2, 0) is 4.79 Å². The van der Waals surface area contributed by atoms with Crippen molar-refractivity contribution >= 4 is 17.2 Å². The van der Waals surface area contributed by atoms with E-state index in [9.17, 15) is 4.79 Å². The van der Waals surface area contributed by atoms with E-state index in [4.69, 9.17) is 11.5 Å². The molecule has 16 heavy (non-hydrogen) atoms. The van der Waals surface area contributed by atoms with Gasteiger partial charge >= 0.3 is 0 Å². The van der Waals surface area contributed by atoms with Gasteiger partial charge in [0, 0.05) is 18.0 Å². The smallest absolute Gasteiger partial charge is 0.221 e. The fraction of sp³-hybridized carbons (Fsp3) is 0.545. The highest BCUT2D eigenvalue weighted by Crippen LogP contribution is 2.29. The summed E-state index contributed by atoms with van der Waals surface area (Å²) in [4.78, 5) is 14.6. The van der Waals surface area contributed by atoms with Crippen molar-refractivity contribution in [2.45, 2.75) is 12.5 Å². The van der Waals surface area contributed by atoms with Gasteiger partial charge in [-0.25, -0.2) is 0 Å². The van der Waals surface area contributed by atoms with Crippen LogP contribution in [0.1, 0.15) is 17.3 Å². The van der Waals surface area contributed by atoms with Crippen molar-refractivity contribution < 1.29 is 4.79 Å². The summed E-state index contributed by atoms with van der Waals surface area (Å²) in [5.41, 5.74) is 11.1. The van der Waals surface area contributed by atoms with Crippen molar-refractivity contribution in [3.63, 3.8) is 0 Å². The van der Waals surface area contributed by atoms with Gasteiger partial charge in [0.05, 0.1) is 12.0 Å². The van der Waals surface area contributed by atoms with Gasteiger partial charge in [0.2, 0.25) is 5.91 Å². The standard InChI is InChI=1S/C11H17N3OS/c12-6-9(10-2-1-5-16-10)14-4-3-8(7-14)11(13)15/h1-2,5,8-9H,3-4,6-7,12H2,(H2,13,15). The Morgan fingerprint density at radius 3 is 3.00 bits per heavy atom. The molecule has 2 unspecified atom stereocenters. The third-order valence-corrected chi connectivity index (χ3v) is 4.13. The van der Waals surface area contributed by atoms with Crippen LogP contribution in [0.5, 0.6) is 0 Å².